The lowest BCUT2D eigenvalue weighted by Crippen LogP contribution is -2.29. The molecule has 3 nitrogen and oxygen atoms in total. The Bertz CT molecular complexity index is 866. The van der Waals surface area contributed by atoms with Crippen molar-refractivity contribution < 1.29 is 9.21 Å². The summed E-state index contributed by atoms with van der Waals surface area (Å²) >= 11 is 0. The van der Waals surface area contributed by atoms with Crippen molar-refractivity contribution in [2.45, 2.75) is 19.3 Å². The van der Waals surface area contributed by atoms with Gasteiger partial charge < -0.3 is 9.32 Å². The van der Waals surface area contributed by atoms with Crippen LogP contribution < -0.4 is 4.90 Å². The molecule has 0 saturated carbocycles. The summed E-state index contributed by atoms with van der Waals surface area (Å²) < 4.78 is 5.61. The van der Waals surface area contributed by atoms with Gasteiger partial charge >= 0.3 is 0 Å². The third-order valence-electron chi connectivity index (χ3n) is 4.71. The van der Waals surface area contributed by atoms with E-state index in [2.05, 4.69) is 29.2 Å². The number of benzene rings is 2. The summed E-state index contributed by atoms with van der Waals surface area (Å²) in [6, 6.07) is 17.8. The van der Waals surface area contributed by atoms with Gasteiger partial charge in [0.2, 0.25) is 5.78 Å². The van der Waals surface area contributed by atoms with E-state index in [-0.39, 0.29) is 5.78 Å². The van der Waals surface area contributed by atoms with E-state index in [0.717, 1.165) is 29.6 Å². The number of nitrogens with zero attached hydrogens (tertiary/aromatic N) is 1. The molecule has 3 aromatic rings. The van der Waals surface area contributed by atoms with Crippen molar-refractivity contribution in [3.63, 3.8) is 0 Å². The van der Waals surface area contributed by atoms with Gasteiger partial charge in [0.25, 0.3) is 0 Å². The number of furan rings is 1. The van der Waals surface area contributed by atoms with E-state index < -0.39 is 0 Å². The Morgan fingerprint density at radius 1 is 0.960 bits per heavy atom. The highest BCUT2D eigenvalue weighted by Crippen LogP contribution is 2.22. The van der Waals surface area contributed by atoms with Crippen molar-refractivity contribution >= 4 is 28.5 Å². The molecule has 1 saturated heterocycles. The zero-order valence-corrected chi connectivity index (χ0v) is 14.2. The van der Waals surface area contributed by atoms with E-state index in [1.807, 2.05) is 30.3 Å². The molecule has 1 aromatic heterocycles. The Balaban J connectivity index is 1.46. The molecule has 2 heterocycles. The summed E-state index contributed by atoms with van der Waals surface area (Å²) in [4.78, 5) is 14.7. The van der Waals surface area contributed by atoms with Crippen molar-refractivity contribution in [1.82, 2.24) is 0 Å². The molecule has 0 radical (unpaired) electrons. The fourth-order valence-electron chi connectivity index (χ4n) is 3.31. The number of para-hydroxylation sites is 1. The lowest BCUT2D eigenvalue weighted by molar-refractivity contribution is 0.102. The summed E-state index contributed by atoms with van der Waals surface area (Å²) in [6.07, 6.45) is 7.30. The summed E-state index contributed by atoms with van der Waals surface area (Å²) in [7, 11) is 0. The molecule has 0 aliphatic carbocycles. The predicted octanol–water partition coefficient (Wildman–Crippen LogP) is 5.32. The third kappa shape index (κ3) is 3.50. The zero-order chi connectivity index (χ0) is 17.1. The van der Waals surface area contributed by atoms with Crippen LogP contribution in [0.15, 0.2) is 65.1 Å². The molecule has 0 unspecified atom stereocenters. The SMILES string of the molecule is O=C(C=Cc1ccc(N2CCCCC2)cc1)c1cc2ccccc2o1. The molecular formula is C22H21NO2. The van der Waals surface area contributed by atoms with Crippen molar-refractivity contribution in [2.75, 3.05) is 18.0 Å². The Morgan fingerprint density at radius 2 is 1.72 bits per heavy atom. The van der Waals surface area contributed by atoms with Crippen molar-refractivity contribution in [2.24, 2.45) is 0 Å². The zero-order valence-electron chi connectivity index (χ0n) is 14.2. The summed E-state index contributed by atoms with van der Waals surface area (Å²) in [5.74, 6) is 0.263. The predicted molar refractivity (Wildman–Crippen MR) is 102 cm³/mol. The third-order valence-corrected chi connectivity index (χ3v) is 4.71. The van der Waals surface area contributed by atoms with Crippen LogP contribution in [-0.4, -0.2) is 18.9 Å². The Labute approximate surface area is 147 Å². The smallest absolute Gasteiger partial charge is 0.221 e. The highest BCUT2D eigenvalue weighted by molar-refractivity contribution is 6.06. The van der Waals surface area contributed by atoms with Gasteiger partial charge in [0, 0.05) is 24.2 Å². The van der Waals surface area contributed by atoms with Gasteiger partial charge in [0.1, 0.15) is 5.58 Å². The van der Waals surface area contributed by atoms with Crippen LogP contribution in [0.1, 0.15) is 35.4 Å². The number of allylic oxidation sites excluding steroid dienone is 1. The number of ketones is 1. The second kappa shape index (κ2) is 6.98. The molecule has 0 bridgehead atoms. The molecule has 25 heavy (non-hydrogen) atoms. The number of hydrogen-bond donors (Lipinski definition) is 0. The molecule has 0 N–H and O–H groups in total. The molecule has 0 atom stereocenters. The summed E-state index contributed by atoms with van der Waals surface area (Å²) in [6.45, 7) is 2.28. The molecule has 2 aromatic carbocycles. The van der Waals surface area contributed by atoms with Gasteiger partial charge in [-0.25, -0.2) is 0 Å². The van der Waals surface area contributed by atoms with Crippen LogP contribution in [0, 0.1) is 0 Å². The van der Waals surface area contributed by atoms with Crippen LogP contribution in [-0.2, 0) is 0 Å². The molecule has 3 heteroatoms. The molecule has 1 aliphatic rings. The van der Waals surface area contributed by atoms with Crippen LogP contribution in [0.5, 0.6) is 0 Å². The van der Waals surface area contributed by atoms with Gasteiger partial charge in [-0.05, 0) is 55.2 Å². The topological polar surface area (TPSA) is 33.5 Å². The number of fused-ring (bicyclic) bond motifs is 1. The highest BCUT2D eigenvalue weighted by Gasteiger charge is 2.11. The van der Waals surface area contributed by atoms with Gasteiger partial charge in [-0.1, -0.05) is 36.4 Å². The van der Waals surface area contributed by atoms with Gasteiger partial charge in [-0.2, -0.15) is 0 Å². The number of carbonyl (C=O) groups excluding carboxylic acids is 1. The first-order valence-electron chi connectivity index (χ1n) is 8.86. The van der Waals surface area contributed by atoms with Gasteiger partial charge in [-0.15, -0.1) is 0 Å². The van der Waals surface area contributed by atoms with Crippen molar-refractivity contribution in [3.8, 4) is 0 Å². The Hall–Kier alpha value is -2.81. The monoisotopic (exact) mass is 331 g/mol. The van der Waals surface area contributed by atoms with E-state index in [9.17, 15) is 4.79 Å². The van der Waals surface area contributed by atoms with Crippen molar-refractivity contribution in [3.05, 3.63) is 72.0 Å². The van der Waals surface area contributed by atoms with E-state index in [1.54, 1.807) is 12.1 Å². The molecule has 0 spiro atoms. The minimum absolute atomic E-state index is 0.115. The normalized spacial score (nSPS) is 15.1. The lowest BCUT2D eigenvalue weighted by Gasteiger charge is -2.28. The Kier molecular flexibility index (Phi) is 4.38. The molecule has 126 valence electrons. The molecular weight excluding hydrogens is 310 g/mol. The van der Waals surface area contributed by atoms with Crippen LogP contribution in [0.3, 0.4) is 0 Å². The highest BCUT2D eigenvalue weighted by atomic mass is 16.3. The fourth-order valence-corrected chi connectivity index (χ4v) is 3.31. The van der Waals surface area contributed by atoms with Crippen molar-refractivity contribution in [1.29, 1.82) is 0 Å². The number of hydrogen-bond acceptors (Lipinski definition) is 3. The number of rotatable bonds is 4. The maximum Gasteiger partial charge on any atom is 0.221 e. The number of piperidine rings is 1. The largest absolute Gasteiger partial charge is 0.453 e. The fraction of sp³-hybridized carbons (Fsp3) is 0.227. The quantitative estimate of drug-likeness (QED) is 0.479. The van der Waals surface area contributed by atoms with E-state index in [1.165, 1.54) is 24.9 Å². The first-order valence-corrected chi connectivity index (χ1v) is 8.86. The van der Waals surface area contributed by atoms with Gasteiger partial charge in [0.05, 0.1) is 0 Å². The van der Waals surface area contributed by atoms with Crippen LogP contribution in [0.2, 0.25) is 0 Å². The second-order valence-electron chi connectivity index (χ2n) is 6.49. The maximum absolute atomic E-state index is 12.3. The molecule has 0 amide bonds. The summed E-state index contributed by atoms with van der Waals surface area (Å²) in [5, 5.41) is 0.949. The van der Waals surface area contributed by atoms with Gasteiger partial charge in [-0.3, -0.25) is 4.79 Å². The Morgan fingerprint density at radius 3 is 2.48 bits per heavy atom. The molecule has 1 aliphatic heterocycles. The lowest BCUT2D eigenvalue weighted by atomic mass is 10.1. The first kappa shape index (κ1) is 15.7. The van der Waals surface area contributed by atoms with E-state index >= 15 is 0 Å². The summed E-state index contributed by atoms with van der Waals surface area (Å²) in [5.41, 5.74) is 3.02. The van der Waals surface area contributed by atoms with Gasteiger partial charge in [0.15, 0.2) is 5.76 Å². The van der Waals surface area contributed by atoms with Crippen LogP contribution >= 0.6 is 0 Å². The molecule has 4 rings (SSSR count). The standard InChI is InChI=1S/C22H21NO2/c24-20(22-16-18-6-2-3-7-21(18)25-22)13-10-17-8-11-19(12-9-17)23-14-4-1-5-15-23/h2-3,6-13,16H,1,4-5,14-15H2. The van der Waals surface area contributed by atoms with E-state index in [0.29, 0.717) is 5.76 Å². The minimum atomic E-state index is -0.115. The first-order chi connectivity index (χ1) is 12.3. The second-order valence-corrected chi connectivity index (χ2v) is 6.49. The maximum atomic E-state index is 12.3. The van der Waals surface area contributed by atoms with Crippen LogP contribution in [0.4, 0.5) is 5.69 Å². The minimum Gasteiger partial charge on any atom is -0.453 e. The molecule has 1 fully saturated rings. The average molecular weight is 331 g/mol. The van der Waals surface area contributed by atoms with E-state index in [4.69, 9.17) is 4.42 Å². The van der Waals surface area contributed by atoms with Crippen LogP contribution in [0.25, 0.3) is 17.0 Å². The number of carbonyl (C=O) groups is 1. The average Bonchev–Trinajstić information content (AvgIpc) is 3.11. The number of anilines is 1.